The summed E-state index contributed by atoms with van der Waals surface area (Å²) in [6.07, 6.45) is 1.67. The van der Waals surface area contributed by atoms with Gasteiger partial charge in [0.25, 0.3) is 0 Å². The Bertz CT molecular complexity index is 1430. The summed E-state index contributed by atoms with van der Waals surface area (Å²) < 4.78 is 0. The van der Waals surface area contributed by atoms with Crippen LogP contribution in [-0.4, -0.2) is 40.8 Å². The van der Waals surface area contributed by atoms with E-state index in [1.807, 2.05) is 42.5 Å². The first-order valence-corrected chi connectivity index (χ1v) is 11.7. The molecule has 3 aromatic rings. The minimum atomic E-state index is -0.970. The zero-order valence-corrected chi connectivity index (χ0v) is 19.4. The lowest BCUT2D eigenvalue weighted by atomic mass is 9.85. The number of carbonyl (C=O) groups is 4. The van der Waals surface area contributed by atoms with Crippen LogP contribution in [0.5, 0.6) is 0 Å². The third kappa shape index (κ3) is 3.25. The number of hydrazone groups is 1. The van der Waals surface area contributed by atoms with Gasteiger partial charge in [-0.2, -0.15) is 5.10 Å². The zero-order chi connectivity index (χ0) is 25.0. The Morgan fingerprint density at radius 3 is 2.22 bits per heavy atom. The average Bonchev–Trinajstić information content (AvgIpc) is 3.37. The number of fused-ring (bicyclic) bond motifs is 5. The molecule has 2 fully saturated rings. The molecular weight excluding hydrogens is 456 g/mol. The summed E-state index contributed by atoms with van der Waals surface area (Å²) in [5, 5.41) is 9.05. The summed E-state index contributed by atoms with van der Waals surface area (Å²) >= 11 is 0. The van der Waals surface area contributed by atoms with Gasteiger partial charge in [0.1, 0.15) is 6.04 Å². The van der Waals surface area contributed by atoms with Gasteiger partial charge >= 0.3 is 0 Å². The SMILES string of the molecule is CC(=O)c1ccc(N2C(=O)[C@@H]3[C@H](C2=O)[C@H]2c4ccccc4C=NN2[C@@H]3C(=O)Nc2ccccc2)cc1. The molecule has 1 N–H and O–H groups in total. The van der Waals surface area contributed by atoms with Crippen molar-refractivity contribution in [2.75, 3.05) is 10.2 Å². The van der Waals surface area contributed by atoms with Gasteiger partial charge < -0.3 is 5.32 Å². The molecule has 3 aromatic carbocycles. The number of para-hydroxylation sites is 1. The van der Waals surface area contributed by atoms with E-state index in [0.717, 1.165) is 16.0 Å². The molecule has 3 aliphatic rings. The minimum absolute atomic E-state index is 0.109. The van der Waals surface area contributed by atoms with E-state index in [9.17, 15) is 19.2 Å². The smallest absolute Gasteiger partial charge is 0.249 e. The molecule has 0 spiro atoms. The van der Waals surface area contributed by atoms with Crippen LogP contribution in [0, 0.1) is 11.8 Å². The molecule has 3 aliphatic heterocycles. The fraction of sp³-hybridized carbons (Fsp3) is 0.179. The molecule has 0 bridgehead atoms. The molecule has 2 saturated heterocycles. The number of benzene rings is 3. The van der Waals surface area contributed by atoms with Crippen LogP contribution in [0.3, 0.4) is 0 Å². The predicted molar refractivity (Wildman–Crippen MR) is 133 cm³/mol. The molecule has 0 radical (unpaired) electrons. The maximum absolute atomic E-state index is 13.8. The van der Waals surface area contributed by atoms with Crippen molar-refractivity contribution in [3.8, 4) is 0 Å². The number of hydrogen-bond donors (Lipinski definition) is 1. The first-order chi connectivity index (χ1) is 17.5. The van der Waals surface area contributed by atoms with Crippen LogP contribution in [0.4, 0.5) is 11.4 Å². The van der Waals surface area contributed by atoms with E-state index < -0.39 is 35.7 Å². The van der Waals surface area contributed by atoms with E-state index in [1.165, 1.54) is 6.92 Å². The fourth-order valence-electron chi connectivity index (χ4n) is 5.51. The van der Waals surface area contributed by atoms with Gasteiger partial charge in [0.15, 0.2) is 5.78 Å². The molecule has 6 rings (SSSR count). The third-order valence-electron chi connectivity index (χ3n) is 7.14. The molecule has 178 valence electrons. The highest BCUT2D eigenvalue weighted by Gasteiger charge is 2.65. The largest absolute Gasteiger partial charge is 0.324 e. The first kappa shape index (κ1) is 21.9. The van der Waals surface area contributed by atoms with E-state index in [1.54, 1.807) is 47.6 Å². The van der Waals surface area contributed by atoms with Crippen LogP contribution in [-0.2, 0) is 14.4 Å². The lowest BCUT2D eigenvalue weighted by Gasteiger charge is -2.33. The van der Waals surface area contributed by atoms with Crippen molar-refractivity contribution in [1.29, 1.82) is 0 Å². The number of anilines is 2. The van der Waals surface area contributed by atoms with Gasteiger partial charge in [-0.1, -0.05) is 42.5 Å². The Kier molecular flexibility index (Phi) is 5.03. The maximum Gasteiger partial charge on any atom is 0.249 e. The van der Waals surface area contributed by atoms with Crippen LogP contribution in [0.2, 0.25) is 0 Å². The Labute approximate surface area is 207 Å². The number of nitrogens with zero attached hydrogens (tertiary/aromatic N) is 3. The van der Waals surface area contributed by atoms with Crippen molar-refractivity contribution < 1.29 is 19.2 Å². The van der Waals surface area contributed by atoms with Gasteiger partial charge in [-0.05, 0) is 54.4 Å². The predicted octanol–water partition coefficient (Wildman–Crippen LogP) is 3.41. The van der Waals surface area contributed by atoms with Crippen LogP contribution >= 0.6 is 0 Å². The second-order valence-electron chi connectivity index (χ2n) is 9.16. The van der Waals surface area contributed by atoms with Gasteiger partial charge in [0.05, 0.1) is 29.8 Å². The highest BCUT2D eigenvalue weighted by atomic mass is 16.2. The highest BCUT2D eigenvalue weighted by Crippen LogP contribution is 2.52. The maximum atomic E-state index is 13.8. The lowest BCUT2D eigenvalue weighted by molar-refractivity contribution is -0.129. The summed E-state index contributed by atoms with van der Waals surface area (Å²) in [5.74, 6) is -3.03. The van der Waals surface area contributed by atoms with Gasteiger partial charge in [-0.3, -0.25) is 24.2 Å². The molecule has 36 heavy (non-hydrogen) atoms. The fourth-order valence-corrected chi connectivity index (χ4v) is 5.51. The van der Waals surface area contributed by atoms with Gasteiger partial charge in [-0.25, -0.2) is 4.90 Å². The van der Waals surface area contributed by atoms with E-state index in [0.29, 0.717) is 16.9 Å². The zero-order valence-electron chi connectivity index (χ0n) is 19.4. The van der Waals surface area contributed by atoms with Crippen molar-refractivity contribution in [3.05, 3.63) is 95.6 Å². The molecule has 4 atom stereocenters. The topological polar surface area (TPSA) is 99.2 Å². The standard InChI is InChI=1S/C28H22N4O4/c1-16(33)17-11-13-20(14-12-17)31-27(35)22-23(28(31)36)25(26(34)30-19-8-3-2-4-9-19)32-24(22)21-10-6-5-7-18(21)15-29-32/h2-15,22-25H,1H3,(H,30,34)/t22-,23+,24+,25-/m0/s1. The first-order valence-electron chi connectivity index (χ1n) is 11.7. The number of ketones is 1. The quantitative estimate of drug-likeness (QED) is 0.458. The van der Waals surface area contributed by atoms with Crippen LogP contribution in [0.15, 0.2) is 84.0 Å². The summed E-state index contributed by atoms with van der Waals surface area (Å²) in [5.41, 5.74) is 3.17. The van der Waals surface area contributed by atoms with Crippen molar-refractivity contribution in [1.82, 2.24) is 5.01 Å². The number of imide groups is 1. The number of rotatable bonds is 4. The van der Waals surface area contributed by atoms with Crippen LogP contribution in [0.1, 0.15) is 34.5 Å². The molecule has 8 heteroatoms. The molecular formula is C28H22N4O4. The number of carbonyl (C=O) groups excluding carboxylic acids is 4. The van der Waals surface area contributed by atoms with Gasteiger partial charge in [-0.15, -0.1) is 0 Å². The monoisotopic (exact) mass is 478 g/mol. The number of hydrogen-bond acceptors (Lipinski definition) is 6. The molecule has 0 aliphatic carbocycles. The van der Waals surface area contributed by atoms with E-state index in [4.69, 9.17) is 0 Å². The van der Waals surface area contributed by atoms with E-state index >= 15 is 0 Å². The van der Waals surface area contributed by atoms with Crippen LogP contribution in [0.25, 0.3) is 0 Å². The van der Waals surface area contributed by atoms with Crippen molar-refractivity contribution in [2.45, 2.75) is 19.0 Å². The molecule has 3 amide bonds. The van der Waals surface area contributed by atoms with Gasteiger partial charge in [0, 0.05) is 11.3 Å². The second-order valence-corrected chi connectivity index (χ2v) is 9.16. The number of Topliss-reactive ketones (excluding diaryl/α,β-unsaturated/α-hetero) is 1. The lowest BCUT2D eigenvalue weighted by Crippen LogP contribution is -2.46. The number of nitrogens with one attached hydrogen (secondary N) is 1. The minimum Gasteiger partial charge on any atom is -0.324 e. The van der Waals surface area contributed by atoms with Crippen LogP contribution < -0.4 is 10.2 Å². The summed E-state index contributed by atoms with van der Waals surface area (Å²) in [6.45, 7) is 1.46. The van der Waals surface area contributed by atoms with E-state index in [2.05, 4.69) is 10.4 Å². The normalized spacial score (nSPS) is 23.8. The Morgan fingerprint density at radius 1 is 0.833 bits per heavy atom. The summed E-state index contributed by atoms with van der Waals surface area (Å²) in [6, 6.07) is 21.4. The summed E-state index contributed by atoms with van der Waals surface area (Å²) in [4.78, 5) is 54.1. The molecule has 0 aromatic heterocycles. The van der Waals surface area contributed by atoms with Gasteiger partial charge in [0.2, 0.25) is 17.7 Å². The molecule has 3 heterocycles. The third-order valence-corrected chi connectivity index (χ3v) is 7.14. The molecule has 8 nitrogen and oxygen atoms in total. The Morgan fingerprint density at radius 2 is 1.50 bits per heavy atom. The Balaban J connectivity index is 1.43. The van der Waals surface area contributed by atoms with E-state index in [-0.39, 0.29) is 11.7 Å². The molecule has 0 unspecified atom stereocenters. The average molecular weight is 479 g/mol. The summed E-state index contributed by atoms with van der Waals surface area (Å²) in [7, 11) is 0. The second kappa shape index (κ2) is 8.27. The van der Waals surface area contributed by atoms with Crippen molar-refractivity contribution in [3.63, 3.8) is 0 Å². The number of amides is 3. The van der Waals surface area contributed by atoms with Crippen molar-refractivity contribution in [2.24, 2.45) is 16.9 Å². The van der Waals surface area contributed by atoms with Crippen molar-refractivity contribution >= 4 is 41.1 Å². The highest BCUT2D eigenvalue weighted by molar-refractivity contribution is 6.24. The molecule has 0 saturated carbocycles. The Hall–Kier alpha value is -4.59.